The third-order valence-corrected chi connectivity index (χ3v) is 3.89. The number of aromatic amines is 1. The van der Waals surface area contributed by atoms with Crippen molar-refractivity contribution in [1.29, 1.82) is 5.26 Å². The first-order valence-electron chi connectivity index (χ1n) is 6.62. The Hall–Kier alpha value is -1.92. The lowest BCUT2D eigenvalue weighted by molar-refractivity contribution is 1.03. The maximum Gasteiger partial charge on any atom is 0.121 e. The molecule has 1 heterocycles. The molecule has 0 unspecified atom stereocenters. The number of aromatic nitrogens is 1. The van der Waals surface area contributed by atoms with Crippen LogP contribution in [0.1, 0.15) is 39.1 Å². The highest BCUT2D eigenvalue weighted by Crippen LogP contribution is 2.21. The molecule has 0 saturated heterocycles. The lowest BCUT2D eigenvalue weighted by atomic mass is 9.95. The Morgan fingerprint density at radius 1 is 1.10 bits per heavy atom. The fraction of sp³-hybridized carbons (Fsp3) is 0.294. The maximum atomic E-state index is 9.23. The summed E-state index contributed by atoms with van der Waals surface area (Å²) in [6, 6.07) is 8.76. The van der Waals surface area contributed by atoms with Gasteiger partial charge in [-0.25, -0.2) is 0 Å². The van der Waals surface area contributed by atoms with Gasteiger partial charge in [0.2, 0.25) is 0 Å². The summed E-state index contributed by atoms with van der Waals surface area (Å²) in [5, 5.41) is 9.23. The van der Waals surface area contributed by atoms with Crippen molar-refractivity contribution in [1.82, 2.24) is 4.98 Å². The van der Waals surface area contributed by atoms with Gasteiger partial charge in [-0.2, -0.15) is 5.26 Å². The zero-order valence-electron chi connectivity index (χ0n) is 12.3. The largest absolute Gasteiger partial charge is 0.349 e. The van der Waals surface area contributed by atoms with Gasteiger partial charge in [-0.15, -0.1) is 0 Å². The molecule has 1 aromatic carbocycles. The number of hydrogen-bond donors (Lipinski definition) is 1. The standard InChI is InChI=1S/C17H18N2S/c1-10-5-11(2)7-14(6-10)8-15-12(3)16(9-18)17(20)19-13(15)4/h5-7H,8H2,1-4H3,(H,19,20). The van der Waals surface area contributed by atoms with Gasteiger partial charge in [0.15, 0.2) is 0 Å². The minimum absolute atomic E-state index is 0.534. The fourth-order valence-electron chi connectivity index (χ4n) is 2.69. The Balaban J connectivity index is 2.54. The van der Waals surface area contributed by atoms with Gasteiger partial charge in [0.05, 0.1) is 5.56 Å². The highest BCUT2D eigenvalue weighted by Gasteiger charge is 2.11. The molecule has 2 aromatic rings. The van der Waals surface area contributed by atoms with Crippen LogP contribution in [0.15, 0.2) is 18.2 Å². The van der Waals surface area contributed by atoms with Gasteiger partial charge in [0.1, 0.15) is 10.7 Å². The van der Waals surface area contributed by atoms with Crippen molar-refractivity contribution in [3.63, 3.8) is 0 Å². The van der Waals surface area contributed by atoms with E-state index >= 15 is 0 Å². The summed E-state index contributed by atoms with van der Waals surface area (Å²) < 4.78 is 0.534. The Kier molecular flexibility index (Phi) is 4.06. The van der Waals surface area contributed by atoms with Gasteiger partial charge >= 0.3 is 0 Å². The van der Waals surface area contributed by atoms with E-state index in [0.29, 0.717) is 10.2 Å². The van der Waals surface area contributed by atoms with E-state index in [0.717, 1.165) is 17.7 Å². The summed E-state index contributed by atoms with van der Waals surface area (Å²) in [5.41, 5.74) is 7.59. The third-order valence-electron chi connectivity index (χ3n) is 3.58. The SMILES string of the molecule is Cc1cc(C)cc(Cc2c(C)[nH]c(=S)c(C#N)c2C)c1. The summed E-state index contributed by atoms with van der Waals surface area (Å²) >= 11 is 5.21. The highest BCUT2D eigenvalue weighted by atomic mass is 32.1. The lowest BCUT2D eigenvalue weighted by Gasteiger charge is -2.13. The van der Waals surface area contributed by atoms with E-state index in [9.17, 15) is 5.26 Å². The van der Waals surface area contributed by atoms with Crippen LogP contribution in [-0.4, -0.2) is 4.98 Å². The number of nitrogens with one attached hydrogen (secondary N) is 1. The number of hydrogen-bond acceptors (Lipinski definition) is 2. The minimum atomic E-state index is 0.534. The first-order chi connectivity index (χ1) is 9.42. The summed E-state index contributed by atoms with van der Waals surface area (Å²) in [5.74, 6) is 0. The van der Waals surface area contributed by atoms with Gasteiger partial charge < -0.3 is 4.98 Å². The van der Waals surface area contributed by atoms with Crippen molar-refractivity contribution in [3.05, 3.63) is 61.9 Å². The molecule has 0 amide bonds. The molecule has 0 spiro atoms. The predicted octanol–water partition coefficient (Wildman–Crippen LogP) is 4.44. The second kappa shape index (κ2) is 5.60. The van der Waals surface area contributed by atoms with Gasteiger partial charge in [-0.05, 0) is 50.8 Å². The summed E-state index contributed by atoms with van der Waals surface area (Å²) in [6.45, 7) is 8.21. The summed E-state index contributed by atoms with van der Waals surface area (Å²) in [4.78, 5) is 3.14. The molecule has 0 saturated carbocycles. The number of benzene rings is 1. The van der Waals surface area contributed by atoms with Crippen molar-refractivity contribution in [2.24, 2.45) is 0 Å². The molecular formula is C17H18N2S. The lowest BCUT2D eigenvalue weighted by Crippen LogP contribution is -2.02. The average Bonchev–Trinajstić information content (AvgIpc) is 2.33. The number of aryl methyl sites for hydroxylation is 3. The van der Waals surface area contributed by atoms with Crippen LogP contribution in [-0.2, 0) is 6.42 Å². The van der Waals surface area contributed by atoms with E-state index in [1.165, 1.54) is 22.3 Å². The van der Waals surface area contributed by atoms with Crippen LogP contribution in [0.4, 0.5) is 0 Å². The molecule has 20 heavy (non-hydrogen) atoms. The third kappa shape index (κ3) is 2.81. The van der Waals surface area contributed by atoms with E-state index in [1.807, 2.05) is 13.8 Å². The first-order valence-corrected chi connectivity index (χ1v) is 7.03. The van der Waals surface area contributed by atoms with Crippen molar-refractivity contribution < 1.29 is 0 Å². The number of H-pyrrole nitrogens is 1. The molecule has 0 aliphatic rings. The molecule has 3 heteroatoms. The van der Waals surface area contributed by atoms with Crippen LogP contribution in [0.2, 0.25) is 0 Å². The first kappa shape index (κ1) is 14.5. The molecule has 0 radical (unpaired) electrons. The topological polar surface area (TPSA) is 39.6 Å². The van der Waals surface area contributed by atoms with E-state index in [2.05, 4.69) is 43.1 Å². The van der Waals surface area contributed by atoms with E-state index < -0.39 is 0 Å². The monoisotopic (exact) mass is 282 g/mol. The Morgan fingerprint density at radius 3 is 2.25 bits per heavy atom. The molecule has 0 atom stereocenters. The molecule has 102 valence electrons. The van der Waals surface area contributed by atoms with Crippen LogP contribution in [0, 0.1) is 43.7 Å². The van der Waals surface area contributed by atoms with Crippen LogP contribution in [0.5, 0.6) is 0 Å². The zero-order chi connectivity index (χ0) is 14.9. The van der Waals surface area contributed by atoms with E-state index in [1.54, 1.807) is 0 Å². The second-order valence-electron chi connectivity index (χ2n) is 5.34. The van der Waals surface area contributed by atoms with Crippen molar-refractivity contribution in [2.45, 2.75) is 34.1 Å². The molecule has 2 nitrogen and oxygen atoms in total. The van der Waals surface area contributed by atoms with Crippen LogP contribution < -0.4 is 0 Å². The van der Waals surface area contributed by atoms with Crippen LogP contribution >= 0.6 is 12.2 Å². The smallest absolute Gasteiger partial charge is 0.121 e. The minimum Gasteiger partial charge on any atom is -0.349 e. The van der Waals surface area contributed by atoms with Crippen LogP contribution in [0.3, 0.4) is 0 Å². The van der Waals surface area contributed by atoms with Gasteiger partial charge in [0, 0.05) is 5.69 Å². The zero-order valence-corrected chi connectivity index (χ0v) is 13.1. The maximum absolute atomic E-state index is 9.23. The molecule has 1 N–H and O–H groups in total. The van der Waals surface area contributed by atoms with Crippen molar-refractivity contribution in [2.75, 3.05) is 0 Å². The predicted molar refractivity (Wildman–Crippen MR) is 84.5 cm³/mol. The second-order valence-corrected chi connectivity index (χ2v) is 5.75. The summed E-state index contributed by atoms with van der Waals surface area (Å²) in [6.07, 6.45) is 0.820. The van der Waals surface area contributed by atoms with Gasteiger partial charge in [-0.3, -0.25) is 0 Å². The Labute approximate surface area is 125 Å². The molecular weight excluding hydrogens is 264 g/mol. The number of pyridine rings is 1. The summed E-state index contributed by atoms with van der Waals surface area (Å²) in [7, 11) is 0. The highest BCUT2D eigenvalue weighted by molar-refractivity contribution is 7.71. The Bertz CT molecular complexity index is 744. The van der Waals surface area contributed by atoms with Crippen molar-refractivity contribution >= 4 is 12.2 Å². The molecule has 0 aliphatic heterocycles. The average molecular weight is 282 g/mol. The van der Waals surface area contributed by atoms with Gasteiger partial charge in [0.25, 0.3) is 0 Å². The molecule has 0 bridgehead atoms. The number of nitrogens with zero attached hydrogens (tertiary/aromatic N) is 1. The molecule has 1 aromatic heterocycles. The quantitative estimate of drug-likeness (QED) is 0.827. The number of rotatable bonds is 2. The molecule has 0 fully saturated rings. The Morgan fingerprint density at radius 2 is 1.70 bits per heavy atom. The molecule has 0 aliphatic carbocycles. The fourth-order valence-corrected chi connectivity index (χ4v) is 3.04. The number of nitriles is 1. The van der Waals surface area contributed by atoms with Crippen LogP contribution in [0.25, 0.3) is 0 Å². The molecule has 2 rings (SSSR count). The van der Waals surface area contributed by atoms with Gasteiger partial charge in [-0.1, -0.05) is 41.5 Å². The van der Waals surface area contributed by atoms with E-state index in [4.69, 9.17) is 12.2 Å². The van der Waals surface area contributed by atoms with E-state index in [-0.39, 0.29) is 0 Å². The van der Waals surface area contributed by atoms with Crippen molar-refractivity contribution in [3.8, 4) is 6.07 Å². The normalized spacial score (nSPS) is 10.3.